The third-order valence-corrected chi connectivity index (χ3v) is 6.78. The smallest absolute Gasteiger partial charge is 0.305 e. The SMILES string of the molecule is CC(=O)O[C@H]1O[C@@H](COC(c2ccccc2)(c2ccccc2)c2ccccc2)[C@H](OC(C)=O)[C@@H](OC(C)=O)[C@H]1OC(C)=O. The van der Waals surface area contributed by atoms with Gasteiger partial charge >= 0.3 is 23.9 Å². The van der Waals surface area contributed by atoms with E-state index < -0.39 is 60.2 Å². The Balaban J connectivity index is 1.83. The zero-order chi connectivity index (χ0) is 31.0. The second kappa shape index (κ2) is 14.1. The minimum Gasteiger partial charge on any atom is -0.456 e. The molecule has 0 saturated carbocycles. The average Bonchev–Trinajstić information content (AvgIpc) is 2.97. The van der Waals surface area contributed by atoms with E-state index in [1.54, 1.807) is 0 Å². The van der Waals surface area contributed by atoms with Crippen LogP contribution in [0.3, 0.4) is 0 Å². The number of ether oxygens (including phenoxy) is 6. The number of esters is 4. The monoisotopic (exact) mass is 590 g/mol. The zero-order valence-electron chi connectivity index (χ0n) is 24.3. The second-order valence-corrected chi connectivity index (χ2v) is 9.96. The Morgan fingerprint density at radius 2 is 0.930 bits per heavy atom. The molecule has 43 heavy (non-hydrogen) atoms. The van der Waals surface area contributed by atoms with Crippen molar-refractivity contribution in [2.75, 3.05) is 6.61 Å². The molecule has 0 bridgehead atoms. The molecule has 226 valence electrons. The molecule has 1 saturated heterocycles. The molecule has 0 aliphatic carbocycles. The van der Waals surface area contributed by atoms with E-state index in [-0.39, 0.29) is 6.61 Å². The van der Waals surface area contributed by atoms with E-state index in [9.17, 15) is 19.2 Å². The predicted molar refractivity (Wildman–Crippen MR) is 152 cm³/mol. The van der Waals surface area contributed by atoms with E-state index in [0.717, 1.165) is 37.5 Å². The van der Waals surface area contributed by atoms with E-state index in [2.05, 4.69) is 0 Å². The first-order valence-electron chi connectivity index (χ1n) is 13.8. The van der Waals surface area contributed by atoms with Crippen molar-refractivity contribution >= 4 is 23.9 Å². The van der Waals surface area contributed by atoms with E-state index in [1.807, 2.05) is 91.0 Å². The van der Waals surface area contributed by atoms with E-state index >= 15 is 0 Å². The summed E-state index contributed by atoms with van der Waals surface area (Å²) in [5, 5.41) is 0. The van der Waals surface area contributed by atoms with Crippen molar-refractivity contribution in [2.45, 2.75) is 64.0 Å². The molecule has 4 rings (SSSR count). The summed E-state index contributed by atoms with van der Waals surface area (Å²) in [5.41, 5.74) is 1.24. The Morgan fingerprint density at radius 3 is 1.33 bits per heavy atom. The van der Waals surface area contributed by atoms with Gasteiger partial charge in [-0.25, -0.2) is 0 Å². The minimum atomic E-state index is -1.49. The van der Waals surface area contributed by atoms with Crippen LogP contribution in [-0.4, -0.2) is 61.2 Å². The average molecular weight is 591 g/mol. The van der Waals surface area contributed by atoms with Crippen molar-refractivity contribution in [1.29, 1.82) is 0 Å². The van der Waals surface area contributed by atoms with E-state index in [1.165, 1.54) is 6.92 Å². The summed E-state index contributed by atoms with van der Waals surface area (Å²) in [7, 11) is 0. The van der Waals surface area contributed by atoms with E-state index in [0.29, 0.717) is 0 Å². The van der Waals surface area contributed by atoms with Gasteiger partial charge in [0.2, 0.25) is 12.4 Å². The Hall–Kier alpha value is -4.54. The number of rotatable bonds is 10. The fourth-order valence-corrected chi connectivity index (χ4v) is 5.22. The minimum absolute atomic E-state index is 0.237. The van der Waals surface area contributed by atoms with Gasteiger partial charge < -0.3 is 28.4 Å². The van der Waals surface area contributed by atoms with Gasteiger partial charge in [0.25, 0.3) is 0 Å². The van der Waals surface area contributed by atoms with Gasteiger partial charge in [-0.1, -0.05) is 91.0 Å². The van der Waals surface area contributed by atoms with Crippen LogP contribution in [0.2, 0.25) is 0 Å². The molecule has 0 radical (unpaired) electrons. The fraction of sp³-hybridized carbons (Fsp3) is 0.333. The topological polar surface area (TPSA) is 124 Å². The fourth-order valence-electron chi connectivity index (χ4n) is 5.22. The highest BCUT2D eigenvalue weighted by molar-refractivity contribution is 5.69. The lowest BCUT2D eigenvalue weighted by Crippen LogP contribution is -2.63. The molecular formula is C33H34O10. The molecule has 10 heteroatoms. The molecule has 0 N–H and O–H groups in total. The third-order valence-electron chi connectivity index (χ3n) is 6.78. The van der Waals surface area contributed by atoms with Crippen molar-refractivity contribution in [3.63, 3.8) is 0 Å². The molecule has 0 unspecified atom stereocenters. The maximum Gasteiger partial charge on any atom is 0.305 e. The molecule has 1 aliphatic heterocycles. The third kappa shape index (κ3) is 7.46. The van der Waals surface area contributed by atoms with Crippen molar-refractivity contribution in [3.05, 3.63) is 108 Å². The van der Waals surface area contributed by atoms with Crippen LogP contribution < -0.4 is 0 Å². The van der Waals surface area contributed by atoms with Gasteiger partial charge in [-0.15, -0.1) is 0 Å². The van der Waals surface area contributed by atoms with Crippen LogP contribution >= 0.6 is 0 Å². The summed E-state index contributed by atoms with van der Waals surface area (Å²) in [5.74, 6) is -2.93. The summed E-state index contributed by atoms with van der Waals surface area (Å²) in [6, 6.07) is 28.7. The Morgan fingerprint density at radius 1 is 0.558 bits per heavy atom. The van der Waals surface area contributed by atoms with Gasteiger partial charge in [0, 0.05) is 27.7 Å². The summed E-state index contributed by atoms with van der Waals surface area (Å²) in [4.78, 5) is 48.6. The van der Waals surface area contributed by atoms with Gasteiger partial charge in [-0.3, -0.25) is 19.2 Å². The number of hydrogen-bond donors (Lipinski definition) is 0. The molecular weight excluding hydrogens is 556 g/mol. The zero-order valence-corrected chi connectivity index (χ0v) is 24.3. The molecule has 1 fully saturated rings. The van der Waals surface area contributed by atoms with Crippen LogP contribution in [0.5, 0.6) is 0 Å². The van der Waals surface area contributed by atoms with Crippen molar-refractivity contribution in [2.24, 2.45) is 0 Å². The van der Waals surface area contributed by atoms with Crippen LogP contribution in [0.25, 0.3) is 0 Å². The van der Waals surface area contributed by atoms with Crippen LogP contribution in [0.15, 0.2) is 91.0 Å². The lowest BCUT2D eigenvalue weighted by molar-refractivity contribution is -0.303. The molecule has 1 heterocycles. The number of carbonyl (C=O) groups is 4. The van der Waals surface area contributed by atoms with Crippen LogP contribution in [0, 0.1) is 0 Å². The molecule has 3 aromatic carbocycles. The Bertz CT molecular complexity index is 1300. The van der Waals surface area contributed by atoms with Crippen LogP contribution in [-0.2, 0) is 53.2 Å². The highest BCUT2D eigenvalue weighted by atomic mass is 16.7. The van der Waals surface area contributed by atoms with Gasteiger partial charge in [0.15, 0.2) is 12.2 Å². The largest absolute Gasteiger partial charge is 0.456 e. The van der Waals surface area contributed by atoms with Crippen molar-refractivity contribution in [3.8, 4) is 0 Å². The molecule has 3 aromatic rings. The summed E-state index contributed by atoms with van der Waals surface area (Å²) in [6.45, 7) is 4.40. The molecule has 0 spiro atoms. The molecule has 0 aromatic heterocycles. The standard InChI is InChI=1S/C33H34O10/c1-21(34)39-29-28(43-32(42-24(4)37)31(41-23(3)36)30(29)40-22(2)35)20-38-33(25-14-8-5-9-15-25,26-16-10-6-11-17-26)27-18-12-7-13-19-27/h5-19,28-32H,20H2,1-4H3/t28-,29-,30+,31+,32-/m0/s1. The molecule has 1 aliphatic rings. The lowest BCUT2D eigenvalue weighted by atomic mass is 9.80. The highest BCUT2D eigenvalue weighted by Crippen LogP contribution is 2.41. The Labute approximate surface area is 249 Å². The predicted octanol–water partition coefficient (Wildman–Crippen LogP) is 4.08. The van der Waals surface area contributed by atoms with Gasteiger partial charge in [0.1, 0.15) is 11.7 Å². The lowest BCUT2D eigenvalue weighted by Gasteiger charge is -2.45. The molecule has 5 atom stereocenters. The number of carbonyl (C=O) groups excluding carboxylic acids is 4. The van der Waals surface area contributed by atoms with Crippen LogP contribution in [0.1, 0.15) is 44.4 Å². The summed E-state index contributed by atoms with van der Waals surface area (Å²) >= 11 is 0. The number of benzene rings is 3. The van der Waals surface area contributed by atoms with Gasteiger partial charge in [0.05, 0.1) is 6.61 Å². The van der Waals surface area contributed by atoms with Crippen molar-refractivity contribution < 1.29 is 47.6 Å². The molecule has 10 nitrogen and oxygen atoms in total. The van der Waals surface area contributed by atoms with Gasteiger partial charge in [-0.05, 0) is 16.7 Å². The summed E-state index contributed by atoms with van der Waals surface area (Å²) in [6.07, 6.45) is -6.73. The molecule has 0 amide bonds. The van der Waals surface area contributed by atoms with Crippen molar-refractivity contribution in [1.82, 2.24) is 0 Å². The Kier molecular flexibility index (Phi) is 10.3. The first-order valence-corrected chi connectivity index (χ1v) is 13.8. The second-order valence-electron chi connectivity index (χ2n) is 9.96. The first kappa shape index (κ1) is 31.4. The van der Waals surface area contributed by atoms with Crippen LogP contribution in [0.4, 0.5) is 0 Å². The number of hydrogen-bond acceptors (Lipinski definition) is 10. The maximum absolute atomic E-state index is 12.3. The highest BCUT2D eigenvalue weighted by Gasteiger charge is 2.54. The van der Waals surface area contributed by atoms with Gasteiger partial charge in [-0.2, -0.15) is 0 Å². The summed E-state index contributed by atoms with van der Waals surface area (Å²) < 4.78 is 34.9. The quantitative estimate of drug-likeness (QED) is 0.194. The maximum atomic E-state index is 12.3. The normalized spacial score (nSPS) is 21.7. The van der Waals surface area contributed by atoms with E-state index in [4.69, 9.17) is 28.4 Å². The first-order chi connectivity index (χ1) is 20.6.